The Morgan fingerprint density at radius 1 is 1.09 bits per heavy atom. The molecular weight excluding hydrogens is 134 g/mol. The Bertz CT molecular complexity index is 99.9. The third-order valence-electron chi connectivity index (χ3n) is 1.78. The molecule has 1 nitrogen and oxygen atoms in total. The standard InChI is InChI=1S/C10H21N/c1-10(2,3)8-6-4-5-7-9-11/h9,11H,4-8H2,1-3H3. The summed E-state index contributed by atoms with van der Waals surface area (Å²) in [7, 11) is 0. The highest BCUT2D eigenvalue weighted by Gasteiger charge is 2.08. The van der Waals surface area contributed by atoms with E-state index in [4.69, 9.17) is 5.41 Å². The molecule has 0 spiro atoms. The van der Waals surface area contributed by atoms with Gasteiger partial charge in [-0.25, -0.2) is 0 Å². The van der Waals surface area contributed by atoms with Crippen LogP contribution in [0.15, 0.2) is 0 Å². The minimum absolute atomic E-state index is 0.491. The van der Waals surface area contributed by atoms with E-state index in [2.05, 4.69) is 20.8 Å². The molecule has 0 aromatic heterocycles. The van der Waals surface area contributed by atoms with Gasteiger partial charge in [-0.3, -0.25) is 0 Å². The quantitative estimate of drug-likeness (QED) is 0.463. The van der Waals surface area contributed by atoms with Crippen molar-refractivity contribution in [2.75, 3.05) is 0 Å². The molecule has 1 heteroatoms. The van der Waals surface area contributed by atoms with E-state index in [0.29, 0.717) is 5.41 Å². The molecule has 0 bridgehead atoms. The lowest BCUT2D eigenvalue weighted by Gasteiger charge is -2.17. The first-order valence-electron chi connectivity index (χ1n) is 4.55. The molecule has 0 fully saturated rings. The van der Waals surface area contributed by atoms with Gasteiger partial charge in [-0.1, -0.05) is 33.6 Å². The second-order valence-electron chi connectivity index (χ2n) is 4.36. The summed E-state index contributed by atoms with van der Waals surface area (Å²) in [5.41, 5.74) is 0.491. The highest BCUT2D eigenvalue weighted by molar-refractivity contribution is 5.52. The van der Waals surface area contributed by atoms with Gasteiger partial charge in [-0.15, -0.1) is 0 Å². The minimum atomic E-state index is 0.491. The molecule has 0 unspecified atom stereocenters. The fourth-order valence-corrected chi connectivity index (χ4v) is 1.08. The van der Waals surface area contributed by atoms with E-state index >= 15 is 0 Å². The Morgan fingerprint density at radius 2 is 1.73 bits per heavy atom. The summed E-state index contributed by atoms with van der Waals surface area (Å²) < 4.78 is 0. The number of rotatable bonds is 5. The van der Waals surface area contributed by atoms with Crippen molar-refractivity contribution in [3.05, 3.63) is 0 Å². The molecule has 0 aliphatic carbocycles. The summed E-state index contributed by atoms with van der Waals surface area (Å²) in [6, 6.07) is 0. The molecule has 1 N–H and O–H groups in total. The van der Waals surface area contributed by atoms with Crippen LogP contribution in [0.2, 0.25) is 0 Å². The molecule has 0 radical (unpaired) electrons. The normalized spacial score (nSPS) is 11.5. The maximum Gasteiger partial charge on any atom is -0.00477 e. The fraction of sp³-hybridized carbons (Fsp3) is 0.900. The van der Waals surface area contributed by atoms with Gasteiger partial charge >= 0.3 is 0 Å². The van der Waals surface area contributed by atoms with Crippen molar-refractivity contribution in [1.82, 2.24) is 0 Å². The number of hydrogen-bond acceptors (Lipinski definition) is 1. The Kier molecular flexibility index (Phi) is 5.18. The lowest BCUT2D eigenvalue weighted by Crippen LogP contribution is -2.03. The zero-order chi connectivity index (χ0) is 8.74. The molecule has 0 heterocycles. The average Bonchev–Trinajstić information content (AvgIpc) is 1.85. The molecule has 0 saturated heterocycles. The molecule has 0 aromatic rings. The lowest BCUT2D eigenvalue weighted by molar-refractivity contribution is 0.359. The molecule has 0 rings (SSSR count). The van der Waals surface area contributed by atoms with Crippen molar-refractivity contribution < 1.29 is 0 Å². The van der Waals surface area contributed by atoms with Crippen molar-refractivity contribution in [1.29, 1.82) is 5.41 Å². The van der Waals surface area contributed by atoms with Gasteiger partial charge in [0.25, 0.3) is 0 Å². The van der Waals surface area contributed by atoms with E-state index in [0.717, 1.165) is 6.42 Å². The molecule has 0 aromatic carbocycles. The molecule has 0 aliphatic rings. The Balaban J connectivity index is 3.08. The van der Waals surface area contributed by atoms with Crippen LogP contribution < -0.4 is 0 Å². The minimum Gasteiger partial charge on any atom is -0.313 e. The summed E-state index contributed by atoms with van der Waals surface area (Å²) in [5, 5.41) is 6.84. The van der Waals surface area contributed by atoms with Gasteiger partial charge in [0.05, 0.1) is 0 Å². The first kappa shape index (κ1) is 10.7. The van der Waals surface area contributed by atoms with Crippen LogP contribution in [-0.2, 0) is 0 Å². The predicted molar refractivity (Wildman–Crippen MR) is 51.3 cm³/mol. The Morgan fingerprint density at radius 3 is 2.18 bits per heavy atom. The van der Waals surface area contributed by atoms with Crippen molar-refractivity contribution in [3.63, 3.8) is 0 Å². The van der Waals surface area contributed by atoms with E-state index in [9.17, 15) is 0 Å². The van der Waals surface area contributed by atoms with Crippen LogP contribution in [0.5, 0.6) is 0 Å². The third kappa shape index (κ3) is 9.67. The Labute approximate surface area is 70.7 Å². The molecule has 66 valence electrons. The van der Waals surface area contributed by atoms with Crippen molar-refractivity contribution in [3.8, 4) is 0 Å². The monoisotopic (exact) mass is 155 g/mol. The van der Waals surface area contributed by atoms with Gasteiger partial charge in [-0.2, -0.15) is 0 Å². The lowest BCUT2D eigenvalue weighted by atomic mass is 9.89. The maximum atomic E-state index is 6.84. The van der Waals surface area contributed by atoms with E-state index in [1.165, 1.54) is 31.9 Å². The van der Waals surface area contributed by atoms with Crippen LogP contribution in [-0.4, -0.2) is 6.21 Å². The van der Waals surface area contributed by atoms with E-state index in [1.807, 2.05) is 0 Å². The Hall–Kier alpha value is -0.330. The van der Waals surface area contributed by atoms with Crippen LogP contribution in [0.1, 0.15) is 52.9 Å². The molecule has 0 atom stereocenters. The summed E-state index contributed by atoms with van der Waals surface area (Å²) in [6.07, 6.45) is 7.58. The second-order valence-corrected chi connectivity index (χ2v) is 4.36. The van der Waals surface area contributed by atoms with Crippen molar-refractivity contribution in [2.24, 2.45) is 5.41 Å². The smallest absolute Gasteiger partial charge is 0.00477 e. The fourth-order valence-electron chi connectivity index (χ4n) is 1.08. The van der Waals surface area contributed by atoms with Crippen LogP contribution in [0.4, 0.5) is 0 Å². The summed E-state index contributed by atoms with van der Waals surface area (Å²) in [6.45, 7) is 6.84. The van der Waals surface area contributed by atoms with E-state index in [-0.39, 0.29) is 0 Å². The summed E-state index contributed by atoms with van der Waals surface area (Å²) >= 11 is 0. The number of nitrogens with one attached hydrogen (secondary N) is 1. The van der Waals surface area contributed by atoms with Crippen molar-refractivity contribution in [2.45, 2.75) is 52.9 Å². The van der Waals surface area contributed by atoms with Crippen LogP contribution in [0.3, 0.4) is 0 Å². The molecular formula is C10H21N. The van der Waals surface area contributed by atoms with Crippen LogP contribution in [0, 0.1) is 10.8 Å². The SMILES string of the molecule is CC(C)(C)CCCCCC=N. The highest BCUT2D eigenvalue weighted by Crippen LogP contribution is 2.21. The second kappa shape index (κ2) is 5.34. The molecule has 11 heavy (non-hydrogen) atoms. The van der Waals surface area contributed by atoms with Gasteiger partial charge < -0.3 is 5.41 Å². The number of hydrogen-bond donors (Lipinski definition) is 1. The van der Waals surface area contributed by atoms with Crippen LogP contribution in [0.25, 0.3) is 0 Å². The average molecular weight is 155 g/mol. The van der Waals surface area contributed by atoms with Gasteiger partial charge in [0.1, 0.15) is 0 Å². The van der Waals surface area contributed by atoms with Gasteiger partial charge in [-0.05, 0) is 30.9 Å². The van der Waals surface area contributed by atoms with E-state index < -0.39 is 0 Å². The highest BCUT2D eigenvalue weighted by atomic mass is 14.3. The molecule has 0 saturated carbocycles. The largest absolute Gasteiger partial charge is 0.313 e. The third-order valence-corrected chi connectivity index (χ3v) is 1.78. The van der Waals surface area contributed by atoms with E-state index in [1.54, 1.807) is 0 Å². The van der Waals surface area contributed by atoms with Gasteiger partial charge in [0, 0.05) is 0 Å². The number of unbranched alkanes of at least 4 members (excludes halogenated alkanes) is 3. The van der Waals surface area contributed by atoms with Crippen LogP contribution >= 0.6 is 0 Å². The van der Waals surface area contributed by atoms with Gasteiger partial charge in [0.15, 0.2) is 0 Å². The predicted octanol–water partition coefficient (Wildman–Crippen LogP) is 3.63. The van der Waals surface area contributed by atoms with Gasteiger partial charge in [0.2, 0.25) is 0 Å². The first-order chi connectivity index (χ1) is 5.06. The molecule has 0 amide bonds. The first-order valence-corrected chi connectivity index (χ1v) is 4.55. The zero-order valence-corrected chi connectivity index (χ0v) is 8.11. The zero-order valence-electron chi connectivity index (χ0n) is 8.11. The maximum absolute atomic E-state index is 6.84. The van der Waals surface area contributed by atoms with Crippen molar-refractivity contribution >= 4 is 6.21 Å². The summed E-state index contributed by atoms with van der Waals surface area (Å²) in [5.74, 6) is 0. The summed E-state index contributed by atoms with van der Waals surface area (Å²) in [4.78, 5) is 0. The molecule has 0 aliphatic heterocycles. The topological polar surface area (TPSA) is 23.9 Å².